The molecule has 3 heterocycles. The third-order valence-electron chi connectivity index (χ3n) is 6.64. The first-order valence-electron chi connectivity index (χ1n) is 11.9. The molecule has 2 saturated heterocycles. The molecule has 1 aromatic carbocycles. The second-order valence-electron chi connectivity index (χ2n) is 8.93. The maximum Gasteiger partial charge on any atom is 0.334 e. The van der Waals surface area contributed by atoms with Crippen LogP contribution in [0.1, 0.15) is 39.0 Å². The molecule has 1 N–H and O–H groups in total. The number of piperazine rings is 1. The summed E-state index contributed by atoms with van der Waals surface area (Å²) >= 11 is 0. The summed E-state index contributed by atoms with van der Waals surface area (Å²) in [5.74, 6) is 2.74. The lowest BCUT2D eigenvalue weighted by Crippen LogP contribution is -2.77. The van der Waals surface area contributed by atoms with Gasteiger partial charge in [-0.15, -0.1) is 6.42 Å². The van der Waals surface area contributed by atoms with Crippen molar-refractivity contribution in [3.05, 3.63) is 60.1 Å². The lowest BCUT2D eigenvalue weighted by atomic mass is 9.92. The van der Waals surface area contributed by atoms with Gasteiger partial charge in [-0.1, -0.05) is 63.9 Å². The van der Waals surface area contributed by atoms with Gasteiger partial charge in [0.05, 0.1) is 32.4 Å². The largest absolute Gasteiger partial charge is 0.467 e. The van der Waals surface area contributed by atoms with Gasteiger partial charge in [-0.05, 0) is 23.6 Å². The molecule has 2 aliphatic heterocycles. The Balaban J connectivity index is 0.00000361. The monoisotopic (exact) mass is 493 g/mol. The Hall–Kier alpha value is -3.77. The van der Waals surface area contributed by atoms with Gasteiger partial charge in [0.25, 0.3) is 0 Å². The number of carbonyl (C=O) groups is 3. The van der Waals surface area contributed by atoms with Crippen molar-refractivity contribution in [2.45, 2.75) is 53.0 Å². The van der Waals surface area contributed by atoms with E-state index in [1.807, 2.05) is 44.2 Å². The van der Waals surface area contributed by atoms with Crippen LogP contribution in [0.25, 0.3) is 0 Å². The molecule has 0 bridgehead atoms. The molecule has 0 spiro atoms. The van der Waals surface area contributed by atoms with Crippen molar-refractivity contribution in [2.24, 2.45) is 5.92 Å². The van der Waals surface area contributed by atoms with Gasteiger partial charge in [0.1, 0.15) is 18.0 Å². The zero-order chi connectivity index (χ0) is 24.9. The van der Waals surface area contributed by atoms with Crippen LogP contribution in [0.5, 0.6) is 0 Å². The van der Waals surface area contributed by atoms with E-state index in [0.29, 0.717) is 18.7 Å². The van der Waals surface area contributed by atoms with Crippen LogP contribution < -0.4 is 5.32 Å². The molecule has 2 fully saturated rings. The summed E-state index contributed by atoms with van der Waals surface area (Å²) < 4.78 is 5.48. The fourth-order valence-corrected chi connectivity index (χ4v) is 4.72. The Morgan fingerprint density at radius 2 is 1.97 bits per heavy atom. The maximum absolute atomic E-state index is 13.6. The van der Waals surface area contributed by atoms with Crippen LogP contribution in [0.2, 0.25) is 0 Å². The van der Waals surface area contributed by atoms with Crippen LogP contribution in [0.15, 0.2) is 53.1 Å². The van der Waals surface area contributed by atoms with E-state index in [1.54, 1.807) is 33.2 Å². The molecule has 192 valence electrons. The van der Waals surface area contributed by atoms with E-state index in [2.05, 4.69) is 11.2 Å². The number of amides is 4. The molecule has 9 nitrogen and oxygen atoms in total. The highest BCUT2D eigenvalue weighted by atomic mass is 16.3. The standard InChI is InChI=1S/C26H31N5O4.CH4/c1-4-13-29-18-23(32)30-22(31(29)26(34)27-15-20-10-7-6-8-11-20)17-28(16-21-12-9-14-35-21)25(33)24(30)19(3)5-2;/h1,6-12,14,19,22,24H,5,13,15-18H2,2-3H3,(H,27,34);1H4/t19?,22-,24-;/m0./s1. The zero-order valence-corrected chi connectivity index (χ0v) is 20.1. The van der Waals surface area contributed by atoms with Gasteiger partial charge in [0, 0.05) is 6.54 Å². The van der Waals surface area contributed by atoms with Crippen LogP contribution in [-0.2, 0) is 22.7 Å². The molecule has 2 aromatic rings. The molecule has 9 heteroatoms. The van der Waals surface area contributed by atoms with Crippen molar-refractivity contribution in [3.8, 4) is 12.3 Å². The number of fused-ring (bicyclic) bond motifs is 1. The fourth-order valence-electron chi connectivity index (χ4n) is 4.72. The molecule has 0 saturated carbocycles. The highest BCUT2D eigenvalue weighted by Crippen LogP contribution is 2.31. The summed E-state index contributed by atoms with van der Waals surface area (Å²) in [4.78, 5) is 43.7. The minimum Gasteiger partial charge on any atom is -0.467 e. The molecular formula is C27H35N5O4. The van der Waals surface area contributed by atoms with Crippen LogP contribution >= 0.6 is 0 Å². The van der Waals surface area contributed by atoms with Crippen LogP contribution in [0.3, 0.4) is 0 Å². The fraction of sp³-hybridized carbons (Fsp3) is 0.444. The predicted molar refractivity (Wildman–Crippen MR) is 136 cm³/mol. The molecule has 2 aliphatic rings. The molecule has 3 atom stereocenters. The molecule has 4 rings (SSSR count). The number of benzene rings is 1. The van der Waals surface area contributed by atoms with E-state index < -0.39 is 12.2 Å². The van der Waals surface area contributed by atoms with Gasteiger partial charge in [0.2, 0.25) is 11.8 Å². The Bertz CT molecular complexity index is 1080. The van der Waals surface area contributed by atoms with Crippen molar-refractivity contribution in [1.82, 2.24) is 25.1 Å². The first-order chi connectivity index (χ1) is 16.9. The van der Waals surface area contributed by atoms with Gasteiger partial charge in [0.15, 0.2) is 0 Å². The first-order valence-corrected chi connectivity index (χ1v) is 11.9. The number of hydrogen-bond donors (Lipinski definition) is 1. The number of nitrogens with zero attached hydrogens (tertiary/aromatic N) is 4. The summed E-state index contributed by atoms with van der Waals surface area (Å²) in [5.41, 5.74) is 0.949. The van der Waals surface area contributed by atoms with Crippen LogP contribution in [-0.4, -0.2) is 69.5 Å². The normalized spacial score (nSPS) is 20.9. The van der Waals surface area contributed by atoms with E-state index in [4.69, 9.17) is 10.8 Å². The third-order valence-corrected chi connectivity index (χ3v) is 6.64. The number of nitrogens with one attached hydrogen (secondary N) is 1. The number of hydrazine groups is 1. The number of carbonyl (C=O) groups excluding carboxylic acids is 3. The number of terminal acetylenes is 1. The van der Waals surface area contributed by atoms with Crippen molar-refractivity contribution < 1.29 is 18.8 Å². The van der Waals surface area contributed by atoms with E-state index in [1.165, 1.54) is 5.01 Å². The Kier molecular flexibility index (Phi) is 8.78. The molecule has 36 heavy (non-hydrogen) atoms. The molecule has 0 radical (unpaired) electrons. The maximum atomic E-state index is 13.6. The molecule has 1 unspecified atom stereocenters. The lowest BCUT2D eigenvalue weighted by Gasteiger charge is -2.55. The third kappa shape index (κ3) is 5.39. The van der Waals surface area contributed by atoms with E-state index in [-0.39, 0.29) is 57.4 Å². The second-order valence-corrected chi connectivity index (χ2v) is 8.93. The molecule has 1 aromatic heterocycles. The average Bonchev–Trinajstić information content (AvgIpc) is 3.37. The summed E-state index contributed by atoms with van der Waals surface area (Å²) in [6, 6.07) is 12.1. The Labute approximate surface area is 213 Å². The molecule has 4 amide bonds. The van der Waals surface area contributed by atoms with Gasteiger partial charge >= 0.3 is 6.03 Å². The minimum atomic E-state index is -0.688. The molecular weight excluding hydrogens is 458 g/mol. The van der Waals surface area contributed by atoms with Crippen LogP contribution in [0, 0.1) is 18.3 Å². The number of rotatable bonds is 7. The summed E-state index contributed by atoms with van der Waals surface area (Å²) in [6.45, 7) is 4.69. The van der Waals surface area contributed by atoms with E-state index >= 15 is 0 Å². The highest BCUT2D eigenvalue weighted by molar-refractivity contribution is 5.91. The van der Waals surface area contributed by atoms with E-state index in [0.717, 1.165) is 5.56 Å². The van der Waals surface area contributed by atoms with Gasteiger partial charge in [-0.25, -0.2) is 9.80 Å². The summed E-state index contributed by atoms with van der Waals surface area (Å²) in [7, 11) is 0. The highest BCUT2D eigenvalue weighted by Gasteiger charge is 2.52. The average molecular weight is 494 g/mol. The van der Waals surface area contributed by atoms with Gasteiger partial charge in [-0.3, -0.25) is 9.59 Å². The summed E-state index contributed by atoms with van der Waals surface area (Å²) in [5, 5.41) is 6.05. The van der Waals surface area contributed by atoms with Crippen molar-refractivity contribution >= 4 is 17.8 Å². The first kappa shape index (κ1) is 26.8. The Morgan fingerprint density at radius 3 is 2.61 bits per heavy atom. The smallest absolute Gasteiger partial charge is 0.334 e. The Morgan fingerprint density at radius 1 is 1.22 bits per heavy atom. The zero-order valence-electron chi connectivity index (χ0n) is 20.1. The predicted octanol–water partition coefficient (Wildman–Crippen LogP) is 2.90. The SMILES string of the molecule is C.C#CCN1CC(=O)N2[C@@H](C(C)CC)C(=O)N(Cc3ccco3)C[C@@H]2N1C(=O)NCc1ccccc1. The van der Waals surface area contributed by atoms with Crippen molar-refractivity contribution in [1.29, 1.82) is 0 Å². The molecule has 0 aliphatic carbocycles. The van der Waals surface area contributed by atoms with Gasteiger partial charge < -0.3 is 19.5 Å². The van der Waals surface area contributed by atoms with Crippen LogP contribution in [0.4, 0.5) is 4.79 Å². The van der Waals surface area contributed by atoms with Crippen molar-refractivity contribution in [2.75, 3.05) is 19.6 Å². The van der Waals surface area contributed by atoms with Crippen molar-refractivity contribution in [3.63, 3.8) is 0 Å². The lowest BCUT2D eigenvalue weighted by molar-refractivity contribution is -0.192. The topological polar surface area (TPSA) is 89.3 Å². The number of urea groups is 1. The number of hydrogen-bond acceptors (Lipinski definition) is 5. The summed E-state index contributed by atoms with van der Waals surface area (Å²) in [6.07, 6.45) is 7.16. The second kappa shape index (κ2) is 11.8. The quantitative estimate of drug-likeness (QED) is 0.599. The minimum absolute atomic E-state index is 0. The number of furan rings is 1. The van der Waals surface area contributed by atoms with Gasteiger partial charge in [-0.2, -0.15) is 5.01 Å². The van der Waals surface area contributed by atoms with E-state index in [9.17, 15) is 14.4 Å².